The lowest BCUT2D eigenvalue weighted by Crippen LogP contribution is -2.50. The lowest BCUT2D eigenvalue weighted by atomic mass is 9.75. The van der Waals surface area contributed by atoms with Crippen LogP contribution in [0.15, 0.2) is 50.6 Å². The van der Waals surface area contributed by atoms with Gasteiger partial charge in [-0.05, 0) is 120 Å². The van der Waals surface area contributed by atoms with Crippen LogP contribution in [0.1, 0.15) is 26.7 Å². The maximum absolute atomic E-state index is 12.5. The van der Waals surface area contributed by atoms with E-state index in [-0.39, 0.29) is 30.5 Å². The first kappa shape index (κ1) is 41.1. The standard InChI is InChI=1S/C45H33NO4/c1-7-13-14-15-16-17-18-19-20-21-22-23-24-25-26-27-28-29-30-31-32-33-34-36-44(48)46-41(42(47)12-6)37-49-45-40(11-5)38(9-3)39(10-4)43(50-45)35-8-2/h8-11,38-43,45,47H,2-5,12,35,37H2,1,6H3,(H,46,48)/t38?,39-,40+,41+,42-,43?,45+/m1/s1. The first-order valence-corrected chi connectivity index (χ1v) is 15.1. The fraction of sp³-hybridized carbons (Fsp3) is 0.267. The van der Waals surface area contributed by atoms with Gasteiger partial charge in [-0.3, -0.25) is 4.79 Å². The molecule has 0 radical (unpaired) electrons. The molecule has 1 saturated heterocycles. The molecule has 0 aromatic carbocycles. The monoisotopic (exact) mass is 651 g/mol. The molecule has 2 unspecified atom stereocenters. The highest BCUT2D eigenvalue weighted by Crippen LogP contribution is 2.39. The van der Waals surface area contributed by atoms with E-state index in [0.29, 0.717) is 12.8 Å². The van der Waals surface area contributed by atoms with Crippen molar-refractivity contribution in [1.29, 1.82) is 0 Å². The highest BCUT2D eigenvalue weighted by atomic mass is 16.7. The molecule has 50 heavy (non-hydrogen) atoms. The van der Waals surface area contributed by atoms with Crippen molar-refractivity contribution in [2.24, 2.45) is 17.8 Å². The molecule has 0 aromatic heterocycles. The number of aliphatic hydroxyl groups excluding tert-OH is 1. The number of aliphatic hydroxyl groups is 1. The summed E-state index contributed by atoms with van der Waals surface area (Å²) in [5.41, 5.74) is 0. The summed E-state index contributed by atoms with van der Waals surface area (Å²) in [6, 6.07) is -0.744. The third-order valence-corrected chi connectivity index (χ3v) is 6.41. The normalized spacial score (nSPS) is 17.9. The average molecular weight is 652 g/mol. The topological polar surface area (TPSA) is 67.8 Å². The molecule has 5 nitrogen and oxygen atoms in total. The van der Waals surface area contributed by atoms with E-state index in [1.165, 1.54) is 0 Å². The van der Waals surface area contributed by atoms with Gasteiger partial charge in [-0.25, -0.2) is 0 Å². The number of ether oxygens (including phenoxy) is 2. The Morgan fingerprint density at radius 3 is 1.50 bits per heavy atom. The van der Waals surface area contributed by atoms with Crippen LogP contribution in [0.3, 0.4) is 0 Å². The van der Waals surface area contributed by atoms with Crippen LogP contribution in [-0.4, -0.2) is 42.2 Å². The number of nitrogens with one attached hydrogen (secondary N) is 1. The van der Waals surface area contributed by atoms with Crippen LogP contribution in [0.5, 0.6) is 0 Å². The van der Waals surface area contributed by atoms with Crippen LogP contribution in [0.25, 0.3) is 0 Å². The minimum Gasteiger partial charge on any atom is -0.391 e. The van der Waals surface area contributed by atoms with Crippen molar-refractivity contribution in [1.82, 2.24) is 5.32 Å². The number of hydrogen-bond donors (Lipinski definition) is 2. The van der Waals surface area contributed by atoms with Crippen LogP contribution in [0.4, 0.5) is 0 Å². The van der Waals surface area contributed by atoms with Gasteiger partial charge in [0, 0.05) is 53.3 Å². The summed E-state index contributed by atoms with van der Waals surface area (Å²) in [5, 5.41) is 13.2. The van der Waals surface area contributed by atoms with Crippen molar-refractivity contribution in [3.63, 3.8) is 0 Å². The minimum atomic E-state index is -0.881. The second kappa shape index (κ2) is 27.2. The molecule has 1 heterocycles. The quantitative estimate of drug-likeness (QED) is 0.267. The van der Waals surface area contributed by atoms with Crippen LogP contribution >= 0.6 is 0 Å². The molecule has 0 bridgehead atoms. The van der Waals surface area contributed by atoms with Crippen LogP contribution in [0.2, 0.25) is 0 Å². The summed E-state index contributed by atoms with van der Waals surface area (Å²) in [6.07, 6.45) is 6.45. The van der Waals surface area contributed by atoms with Gasteiger partial charge < -0.3 is 19.9 Å². The van der Waals surface area contributed by atoms with Gasteiger partial charge in [0.1, 0.15) is 0 Å². The molecule has 0 aliphatic carbocycles. The number of allylic oxidation sites excluding steroid dienone is 1. The Labute approximate surface area is 298 Å². The SMILES string of the molecule is C=CCC1O[C@H](OC[C@H](NC(=O)C#CC#CC#CC#CC#CC#CC#CC#CC#CC#CC#CC#CC)[C@H](O)CC)[C@@H](C=C)C(C=C)[C@H]1C=C. The number of carbonyl (C=O) groups is 1. The molecule has 0 saturated carbocycles. The van der Waals surface area contributed by atoms with Gasteiger partial charge in [-0.2, -0.15) is 0 Å². The molecule has 0 spiro atoms. The maximum atomic E-state index is 12.5. The molecule has 0 aromatic rings. The van der Waals surface area contributed by atoms with Crippen molar-refractivity contribution in [3.05, 3.63) is 50.6 Å². The lowest BCUT2D eigenvalue weighted by molar-refractivity contribution is -0.236. The van der Waals surface area contributed by atoms with Crippen molar-refractivity contribution in [2.45, 2.75) is 51.2 Å². The molecule has 1 aliphatic heterocycles. The summed E-state index contributed by atoms with van der Waals surface area (Å²) < 4.78 is 12.3. The Morgan fingerprint density at radius 1 is 0.700 bits per heavy atom. The van der Waals surface area contributed by atoms with Crippen LogP contribution in [-0.2, 0) is 14.3 Å². The van der Waals surface area contributed by atoms with Gasteiger partial charge >= 0.3 is 0 Å². The van der Waals surface area contributed by atoms with Crippen molar-refractivity contribution in [3.8, 4) is 142 Å². The lowest BCUT2D eigenvalue weighted by Gasteiger charge is -2.44. The molecule has 1 aliphatic rings. The van der Waals surface area contributed by atoms with Gasteiger partial charge in [0.15, 0.2) is 6.29 Å². The van der Waals surface area contributed by atoms with Crippen molar-refractivity contribution >= 4 is 5.91 Å². The van der Waals surface area contributed by atoms with E-state index in [0.717, 1.165) is 0 Å². The smallest absolute Gasteiger partial charge is 0.297 e. The fourth-order valence-electron chi connectivity index (χ4n) is 4.17. The fourth-order valence-corrected chi connectivity index (χ4v) is 4.17. The summed E-state index contributed by atoms with van der Waals surface area (Å²) in [6.45, 7) is 19.2. The number of amides is 1. The average Bonchev–Trinajstić information content (AvgIpc) is 3.12. The molecule has 5 heteroatoms. The molecular weight excluding hydrogens is 618 g/mol. The largest absolute Gasteiger partial charge is 0.391 e. The van der Waals surface area contributed by atoms with E-state index in [4.69, 9.17) is 9.47 Å². The maximum Gasteiger partial charge on any atom is 0.297 e. The van der Waals surface area contributed by atoms with Gasteiger partial charge in [0.2, 0.25) is 0 Å². The van der Waals surface area contributed by atoms with Crippen LogP contribution < -0.4 is 5.32 Å². The van der Waals surface area contributed by atoms with Crippen molar-refractivity contribution in [2.75, 3.05) is 6.61 Å². The second-order valence-corrected chi connectivity index (χ2v) is 9.52. The number of hydrogen-bond acceptors (Lipinski definition) is 4. The van der Waals surface area contributed by atoms with E-state index in [2.05, 4.69) is 174 Å². The Bertz CT molecular complexity index is 2060. The predicted molar refractivity (Wildman–Crippen MR) is 198 cm³/mol. The molecule has 1 amide bonds. The van der Waals surface area contributed by atoms with E-state index in [1.807, 2.05) is 12.2 Å². The number of rotatable bonds is 11. The zero-order valence-corrected chi connectivity index (χ0v) is 28.0. The van der Waals surface area contributed by atoms with Crippen molar-refractivity contribution < 1.29 is 19.4 Å². The third-order valence-electron chi connectivity index (χ3n) is 6.41. The van der Waals surface area contributed by atoms with Gasteiger partial charge in [0.25, 0.3) is 5.91 Å². The number of carbonyl (C=O) groups excluding carboxylic acids is 1. The predicted octanol–water partition coefficient (Wildman–Crippen LogP) is 3.03. The van der Waals surface area contributed by atoms with E-state index < -0.39 is 24.3 Å². The zero-order chi connectivity index (χ0) is 36.7. The van der Waals surface area contributed by atoms with Crippen LogP contribution in [0, 0.1) is 160 Å². The molecule has 1 rings (SSSR count). The first-order valence-electron chi connectivity index (χ1n) is 15.1. The molecule has 1 fully saturated rings. The van der Waals surface area contributed by atoms with Gasteiger partial charge in [-0.15, -0.1) is 26.3 Å². The Hall–Kier alpha value is -6.97. The molecule has 242 valence electrons. The zero-order valence-electron chi connectivity index (χ0n) is 28.0. The molecular formula is C45H33NO4. The third kappa shape index (κ3) is 17.1. The molecule has 7 atom stereocenters. The highest BCUT2D eigenvalue weighted by Gasteiger charge is 2.42. The summed E-state index contributed by atoms with van der Waals surface area (Å²) in [4.78, 5) is 12.5. The van der Waals surface area contributed by atoms with Gasteiger partial charge in [-0.1, -0.05) is 37.1 Å². The van der Waals surface area contributed by atoms with E-state index >= 15 is 0 Å². The second-order valence-electron chi connectivity index (χ2n) is 9.52. The van der Waals surface area contributed by atoms with Gasteiger partial charge in [0.05, 0.1) is 24.9 Å². The van der Waals surface area contributed by atoms with E-state index in [9.17, 15) is 9.90 Å². The summed E-state index contributed by atoms with van der Waals surface area (Å²) in [7, 11) is 0. The first-order chi connectivity index (χ1) is 24.5. The Balaban J connectivity index is 2.70. The Morgan fingerprint density at radius 2 is 1.12 bits per heavy atom. The molecule has 2 N–H and O–H groups in total. The highest BCUT2D eigenvalue weighted by molar-refractivity contribution is 5.94. The summed E-state index contributed by atoms with van der Waals surface area (Å²) in [5.74, 6) is 59.1. The summed E-state index contributed by atoms with van der Waals surface area (Å²) >= 11 is 0. The Kier molecular flexibility index (Phi) is 22.3. The van der Waals surface area contributed by atoms with E-state index in [1.54, 1.807) is 26.0 Å². The minimum absolute atomic E-state index is 0.00222.